The van der Waals surface area contributed by atoms with Crippen molar-refractivity contribution >= 4 is 34.4 Å². The fraction of sp³-hybridized carbons (Fsp3) is 0.389. The second-order valence-corrected chi connectivity index (χ2v) is 7.40. The molecule has 2 aromatic rings. The Hall–Kier alpha value is -1.77. The highest BCUT2D eigenvalue weighted by Gasteiger charge is 2.24. The van der Waals surface area contributed by atoms with Crippen molar-refractivity contribution in [3.8, 4) is 5.75 Å². The maximum absolute atomic E-state index is 12.2. The Morgan fingerprint density at radius 1 is 1.19 bits per heavy atom. The van der Waals surface area contributed by atoms with Gasteiger partial charge in [0, 0.05) is 17.1 Å². The summed E-state index contributed by atoms with van der Waals surface area (Å²) in [5.74, 6) is 0.122. The monoisotopic (exact) mass is 397 g/mol. The van der Waals surface area contributed by atoms with Gasteiger partial charge >= 0.3 is 6.61 Å². The number of nitrogens with one attached hydrogen (secondary N) is 2. The van der Waals surface area contributed by atoms with Gasteiger partial charge in [0.2, 0.25) is 0 Å². The SMILES string of the molecule is FC(F)Oc1ccc(NC(=S)NC[C@@H](c2cccs2)N2CCCC2)cc1. The van der Waals surface area contributed by atoms with Gasteiger partial charge in [0.25, 0.3) is 0 Å². The highest BCUT2D eigenvalue weighted by molar-refractivity contribution is 7.80. The molecule has 0 spiro atoms. The third kappa shape index (κ3) is 5.36. The average molecular weight is 398 g/mol. The number of rotatable bonds is 7. The molecule has 0 radical (unpaired) electrons. The second kappa shape index (κ2) is 9.25. The van der Waals surface area contributed by atoms with E-state index < -0.39 is 6.61 Å². The number of thiocarbonyl (C=S) groups is 1. The van der Waals surface area contributed by atoms with Crippen LogP contribution in [-0.2, 0) is 0 Å². The molecule has 3 rings (SSSR count). The van der Waals surface area contributed by atoms with E-state index in [0.717, 1.165) is 25.3 Å². The zero-order chi connectivity index (χ0) is 18.4. The smallest absolute Gasteiger partial charge is 0.387 e. The molecule has 26 heavy (non-hydrogen) atoms. The van der Waals surface area contributed by atoms with Crippen LogP contribution in [0.15, 0.2) is 41.8 Å². The van der Waals surface area contributed by atoms with E-state index in [1.165, 1.54) is 29.9 Å². The Bertz CT molecular complexity index is 689. The van der Waals surface area contributed by atoms with Crippen molar-refractivity contribution in [3.63, 3.8) is 0 Å². The fourth-order valence-electron chi connectivity index (χ4n) is 3.03. The molecule has 0 aliphatic carbocycles. The van der Waals surface area contributed by atoms with Crippen LogP contribution in [-0.4, -0.2) is 36.3 Å². The fourth-order valence-corrected chi connectivity index (χ4v) is 4.09. The normalized spacial score (nSPS) is 15.8. The molecular weight excluding hydrogens is 376 g/mol. The van der Waals surface area contributed by atoms with Crippen molar-refractivity contribution in [3.05, 3.63) is 46.7 Å². The van der Waals surface area contributed by atoms with Crippen molar-refractivity contribution < 1.29 is 13.5 Å². The molecule has 1 saturated heterocycles. The Morgan fingerprint density at radius 3 is 2.54 bits per heavy atom. The van der Waals surface area contributed by atoms with Crippen LogP contribution in [0, 0.1) is 0 Å². The van der Waals surface area contributed by atoms with Crippen molar-refractivity contribution in [2.45, 2.75) is 25.5 Å². The first kappa shape index (κ1) is 19.0. The molecule has 2 N–H and O–H groups in total. The number of halogens is 2. The molecule has 0 unspecified atom stereocenters. The molecule has 1 fully saturated rings. The van der Waals surface area contributed by atoms with E-state index in [0.29, 0.717) is 11.2 Å². The number of hydrogen-bond acceptors (Lipinski definition) is 4. The summed E-state index contributed by atoms with van der Waals surface area (Å²) in [5, 5.41) is 8.96. The highest BCUT2D eigenvalue weighted by atomic mass is 32.1. The minimum absolute atomic E-state index is 0.122. The van der Waals surface area contributed by atoms with Crippen molar-refractivity contribution in [1.82, 2.24) is 10.2 Å². The van der Waals surface area contributed by atoms with Gasteiger partial charge < -0.3 is 15.4 Å². The zero-order valence-corrected chi connectivity index (χ0v) is 15.8. The largest absolute Gasteiger partial charge is 0.435 e. The van der Waals surface area contributed by atoms with Crippen LogP contribution in [0.4, 0.5) is 14.5 Å². The molecule has 1 atom stereocenters. The molecular formula is C18H21F2N3OS2. The molecule has 0 saturated carbocycles. The van der Waals surface area contributed by atoms with Crippen LogP contribution in [0.25, 0.3) is 0 Å². The zero-order valence-electron chi connectivity index (χ0n) is 14.2. The van der Waals surface area contributed by atoms with Crippen LogP contribution >= 0.6 is 23.6 Å². The Kier molecular flexibility index (Phi) is 6.76. The molecule has 1 aliphatic heterocycles. The Labute approximate surface area is 161 Å². The van der Waals surface area contributed by atoms with E-state index in [-0.39, 0.29) is 5.75 Å². The number of thiophene rings is 1. The summed E-state index contributed by atoms with van der Waals surface area (Å²) >= 11 is 7.13. The van der Waals surface area contributed by atoms with Crippen LogP contribution in [0.1, 0.15) is 23.8 Å². The molecule has 1 aromatic heterocycles. The van der Waals surface area contributed by atoms with Gasteiger partial charge in [-0.1, -0.05) is 6.07 Å². The molecule has 2 heterocycles. The van der Waals surface area contributed by atoms with Gasteiger partial charge in [0.1, 0.15) is 5.75 Å². The molecule has 0 bridgehead atoms. The summed E-state index contributed by atoms with van der Waals surface area (Å²) in [6.45, 7) is 0.113. The number of alkyl halides is 2. The lowest BCUT2D eigenvalue weighted by Gasteiger charge is -2.27. The molecule has 8 heteroatoms. The number of benzene rings is 1. The summed E-state index contributed by atoms with van der Waals surface area (Å²) < 4.78 is 28.7. The lowest BCUT2D eigenvalue weighted by Crippen LogP contribution is -2.38. The number of nitrogens with zero attached hydrogens (tertiary/aromatic N) is 1. The topological polar surface area (TPSA) is 36.5 Å². The highest BCUT2D eigenvalue weighted by Crippen LogP contribution is 2.27. The first-order valence-corrected chi connectivity index (χ1v) is 9.78. The van der Waals surface area contributed by atoms with E-state index in [1.54, 1.807) is 23.5 Å². The van der Waals surface area contributed by atoms with Crippen LogP contribution < -0.4 is 15.4 Å². The predicted octanol–water partition coefficient (Wildman–Crippen LogP) is 4.47. The van der Waals surface area contributed by atoms with Crippen LogP contribution in [0.3, 0.4) is 0 Å². The third-order valence-electron chi connectivity index (χ3n) is 4.25. The first-order chi connectivity index (χ1) is 12.6. The van der Waals surface area contributed by atoms with Crippen molar-refractivity contribution in [2.75, 3.05) is 25.0 Å². The van der Waals surface area contributed by atoms with Gasteiger partial charge in [-0.2, -0.15) is 8.78 Å². The van der Waals surface area contributed by atoms with E-state index in [2.05, 4.69) is 37.8 Å². The van der Waals surface area contributed by atoms with E-state index >= 15 is 0 Å². The summed E-state index contributed by atoms with van der Waals surface area (Å²) in [6, 6.07) is 10.8. The molecule has 1 aromatic carbocycles. The van der Waals surface area contributed by atoms with Gasteiger partial charge in [0.15, 0.2) is 5.11 Å². The minimum atomic E-state index is -2.82. The maximum Gasteiger partial charge on any atom is 0.387 e. The Morgan fingerprint density at radius 2 is 1.92 bits per heavy atom. The van der Waals surface area contributed by atoms with Gasteiger partial charge in [-0.25, -0.2) is 0 Å². The summed E-state index contributed by atoms with van der Waals surface area (Å²) in [6.07, 6.45) is 2.47. The molecule has 140 valence electrons. The minimum Gasteiger partial charge on any atom is -0.435 e. The quantitative estimate of drug-likeness (QED) is 0.674. The summed E-state index contributed by atoms with van der Waals surface area (Å²) in [4.78, 5) is 3.81. The number of ether oxygens (including phenoxy) is 1. The van der Waals surface area contributed by atoms with E-state index in [4.69, 9.17) is 12.2 Å². The Balaban J connectivity index is 1.53. The molecule has 4 nitrogen and oxygen atoms in total. The standard InChI is InChI=1S/C18H21F2N3OS2/c19-17(20)24-14-7-5-13(6-8-14)22-18(25)21-12-15(16-4-3-11-26-16)23-9-1-2-10-23/h3-8,11,15,17H,1-2,9-10,12H2,(H2,21,22,25)/t15-/m0/s1. The van der Waals surface area contributed by atoms with E-state index in [9.17, 15) is 8.78 Å². The second-order valence-electron chi connectivity index (χ2n) is 6.01. The summed E-state index contributed by atoms with van der Waals surface area (Å²) in [5.41, 5.74) is 0.720. The van der Waals surface area contributed by atoms with Crippen LogP contribution in [0.5, 0.6) is 5.75 Å². The van der Waals surface area contributed by atoms with Crippen molar-refractivity contribution in [1.29, 1.82) is 0 Å². The average Bonchev–Trinajstić information content (AvgIpc) is 3.30. The number of likely N-dealkylation sites (tertiary alicyclic amines) is 1. The molecule has 0 amide bonds. The number of anilines is 1. The van der Waals surface area contributed by atoms with E-state index in [1.807, 2.05) is 0 Å². The van der Waals surface area contributed by atoms with Crippen molar-refractivity contribution in [2.24, 2.45) is 0 Å². The van der Waals surface area contributed by atoms with Gasteiger partial charge in [0.05, 0.1) is 6.04 Å². The van der Waals surface area contributed by atoms with Crippen LogP contribution in [0.2, 0.25) is 0 Å². The first-order valence-electron chi connectivity index (χ1n) is 8.49. The van der Waals surface area contributed by atoms with Gasteiger partial charge in [-0.15, -0.1) is 11.3 Å². The third-order valence-corrected chi connectivity index (χ3v) is 5.47. The maximum atomic E-state index is 12.2. The summed E-state index contributed by atoms with van der Waals surface area (Å²) in [7, 11) is 0. The lowest BCUT2D eigenvalue weighted by molar-refractivity contribution is -0.0498. The lowest BCUT2D eigenvalue weighted by atomic mass is 10.2. The van der Waals surface area contributed by atoms with Gasteiger partial charge in [-0.3, -0.25) is 4.90 Å². The predicted molar refractivity (Wildman–Crippen MR) is 105 cm³/mol. The molecule has 1 aliphatic rings. The van der Waals surface area contributed by atoms with Gasteiger partial charge in [-0.05, 0) is 73.9 Å². The number of hydrogen-bond donors (Lipinski definition) is 2.